The third-order valence-electron chi connectivity index (χ3n) is 4.65. The van der Waals surface area contributed by atoms with Gasteiger partial charge >= 0.3 is 0 Å². The van der Waals surface area contributed by atoms with Crippen molar-refractivity contribution in [2.24, 2.45) is 0 Å². The zero-order valence-electron chi connectivity index (χ0n) is 13.3. The molecule has 0 heterocycles. The average molecular weight is 329 g/mol. The number of rotatable bonds is 5. The Morgan fingerprint density at radius 1 is 0.783 bits per heavy atom. The summed E-state index contributed by atoms with van der Waals surface area (Å²) in [7, 11) is -2.14. The first kappa shape index (κ1) is 16.6. The van der Waals surface area contributed by atoms with Gasteiger partial charge in [-0.1, -0.05) is 79.9 Å². The van der Waals surface area contributed by atoms with E-state index in [2.05, 4.69) is 24.3 Å². The number of hydrogen-bond donors (Lipinski definition) is 2. The molecule has 1 saturated carbocycles. The summed E-state index contributed by atoms with van der Waals surface area (Å²) in [5, 5.41) is 0. The van der Waals surface area contributed by atoms with Gasteiger partial charge in [-0.3, -0.25) is 0 Å². The molecule has 0 bridgehead atoms. The van der Waals surface area contributed by atoms with Crippen LogP contribution < -0.4 is 0 Å². The Labute approximate surface area is 139 Å². The molecule has 1 aliphatic carbocycles. The van der Waals surface area contributed by atoms with Crippen LogP contribution in [-0.2, 0) is 0 Å². The Morgan fingerprint density at radius 3 is 1.70 bits per heavy atom. The molecule has 0 amide bonds. The maximum absolute atomic E-state index is 10.2. The average Bonchev–Trinajstić information content (AvgIpc) is 2.61. The maximum Gasteiger partial charge on any atom is 0.254 e. The second-order valence-electron chi connectivity index (χ2n) is 6.16. The fourth-order valence-corrected chi connectivity index (χ4v) is 4.57. The van der Waals surface area contributed by atoms with E-state index in [0.29, 0.717) is 0 Å². The van der Waals surface area contributed by atoms with E-state index in [-0.39, 0.29) is 12.1 Å². The maximum atomic E-state index is 10.2. The lowest BCUT2D eigenvalue weighted by atomic mass is 9.92. The van der Waals surface area contributed by atoms with Crippen LogP contribution in [0.25, 0.3) is 0 Å². The second kappa shape index (κ2) is 8.03. The van der Waals surface area contributed by atoms with Crippen molar-refractivity contribution in [3.05, 3.63) is 71.8 Å². The van der Waals surface area contributed by atoms with Gasteiger partial charge in [0, 0.05) is 6.04 Å². The molecular weight excluding hydrogens is 305 g/mol. The normalized spacial score (nSPS) is 16.4. The van der Waals surface area contributed by atoms with Crippen molar-refractivity contribution in [1.82, 2.24) is 4.67 Å². The van der Waals surface area contributed by atoms with Crippen molar-refractivity contribution in [3.63, 3.8) is 0 Å². The van der Waals surface area contributed by atoms with Crippen LogP contribution in [0, 0.1) is 0 Å². The molecule has 2 aromatic carbocycles. The van der Waals surface area contributed by atoms with Crippen molar-refractivity contribution in [1.29, 1.82) is 0 Å². The van der Waals surface area contributed by atoms with Gasteiger partial charge in [-0.2, -0.15) is 0 Å². The van der Waals surface area contributed by atoms with Crippen LogP contribution in [-0.4, -0.2) is 20.5 Å². The highest BCUT2D eigenvalue weighted by molar-refractivity contribution is 7.42. The van der Waals surface area contributed by atoms with Crippen molar-refractivity contribution >= 4 is 8.53 Å². The van der Waals surface area contributed by atoms with Gasteiger partial charge in [0.05, 0.1) is 6.04 Å². The Morgan fingerprint density at radius 2 is 1.26 bits per heavy atom. The van der Waals surface area contributed by atoms with E-state index in [9.17, 15) is 9.79 Å². The van der Waals surface area contributed by atoms with Crippen LogP contribution >= 0.6 is 8.53 Å². The molecule has 0 aliphatic heterocycles. The highest BCUT2D eigenvalue weighted by Gasteiger charge is 2.34. The fraction of sp³-hybridized carbons (Fsp3) is 0.368. The SMILES string of the molecule is OP(O)N(C1CCCCC1)C(c1ccccc1)c1ccccc1. The van der Waals surface area contributed by atoms with Gasteiger partial charge in [-0.15, -0.1) is 0 Å². The largest absolute Gasteiger partial charge is 0.338 e. The number of hydrogen-bond acceptors (Lipinski definition) is 3. The molecule has 3 rings (SSSR count). The van der Waals surface area contributed by atoms with Crippen molar-refractivity contribution < 1.29 is 9.79 Å². The van der Waals surface area contributed by atoms with E-state index >= 15 is 0 Å². The third kappa shape index (κ3) is 3.99. The molecule has 0 unspecified atom stereocenters. The monoisotopic (exact) mass is 329 g/mol. The smallest absolute Gasteiger partial charge is 0.254 e. The van der Waals surface area contributed by atoms with Gasteiger partial charge in [-0.05, 0) is 24.0 Å². The molecule has 0 radical (unpaired) electrons. The van der Waals surface area contributed by atoms with Gasteiger partial charge in [-0.25, -0.2) is 4.67 Å². The van der Waals surface area contributed by atoms with Gasteiger partial charge < -0.3 is 9.79 Å². The summed E-state index contributed by atoms with van der Waals surface area (Å²) in [6, 6.07) is 20.5. The fourth-order valence-electron chi connectivity index (χ4n) is 3.57. The van der Waals surface area contributed by atoms with E-state index in [1.54, 1.807) is 0 Å². The van der Waals surface area contributed by atoms with Crippen LogP contribution in [0.15, 0.2) is 60.7 Å². The van der Waals surface area contributed by atoms with Crippen LogP contribution in [0.1, 0.15) is 49.3 Å². The van der Waals surface area contributed by atoms with E-state index in [1.165, 1.54) is 19.3 Å². The topological polar surface area (TPSA) is 43.7 Å². The molecule has 4 heteroatoms. The lowest BCUT2D eigenvalue weighted by Gasteiger charge is -2.40. The number of nitrogens with zero attached hydrogens (tertiary/aromatic N) is 1. The summed E-state index contributed by atoms with van der Waals surface area (Å²) in [4.78, 5) is 20.4. The van der Waals surface area contributed by atoms with E-state index < -0.39 is 8.53 Å². The van der Waals surface area contributed by atoms with Crippen LogP contribution in [0.4, 0.5) is 0 Å². The standard InChI is InChI=1S/C19H24NO2P/c21-23(22)20(18-14-8-3-9-15-18)19(16-10-4-1-5-11-16)17-12-6-2-7-13-17/h1-2,4-7,10-13,18-19,21-22H,3,8-9,14-15H2. The Hall–Kier alpha value is -1.25. The lowest BCUT2D eigenvalue weighted by Crippen LogP contribution is -2.36. The first-order valence-corrected chi connectivity index (χ1v) is 9.53. The molecule has 122 valence electrons. The molecule has 0 spiro atoms. The molecule has 0 aromatic heterocycles. The van der Waals surface area contributed by atoms with E-state index in [4.69, 9.17) is 0 Å². The van der Waals surface area contributed by atoms with Crippen LogP contribution in [0.5, 0.6) is 0 Å². The van der Waals surface area contributed by atoms with E-state index in [1.807, 2.05) is 41.1 Å². The summed E-state index contributed by atoms with van der Waals surface area (Å²) in [6.45, 7) is 0. The summed E-state index contributed by atoms with van der Waals surface area (Å²) in [6.07, 6.45) is 5.66. The summed E-state index contributed by atoms with van der Waals surface area (Å²) in [5.74, 6) is 0. The predicted octanol–water partition coefficient (Wildman–Crippen LogP) is 4.62. The first-order chi connectivity index (χ1) is 11.3. The number of benzene rings is 2. The Bertz CT molecular complexity index is 545. The summed E-state index contributed by atoms with van der Waals surface area (Å²) in [5.41, 5.74) is 2.22. The van der Waals surface area contributed by atoms with Crippen LogP contribution in [0.2, 0.25) is 0 Å². The molecule has 23 heavy (non-hydrogen) atoms. The molecule has 2 aromatic rings. The zero-order chi connectivity index (χ0) is 16.1. The quantitative estimate of drug-likeness (QED) is 0.787. The Kier molecular flexibility index (Phi) is 5.80. The van der Waals surface area contributed by atoms with Gasteiger partial charge in [0.2, 0.25) is 0 Å². The predicted molar refractivity (Wildman–Crippen MR) is 94.8 cm³/mol. The minimum Gasteiger partial charge on any atom is -0.338 e. The molecule has 1 aliphatic rings. The van der Waals surface area contributed by atoms with Crippen molar-refractivity contribution in [2.75, 3.05) is 0 Å². The van der Waals surface area contributed by atoms with Crippen LogP contribution in [0.3, 0.4) is 0 Å². The Balaban J connectivity index is 2.01. The van der Waals surface area contributed by atoms with Gasteiger partial charge in [0.15, 0.2) is 0 Å². The first-order valence-electron chi connectivity index (χ1n) is 8.33. The van der Waals surface area contributed by atoms with Crippen molar-refractivity contribution in [2.45, 2.75) is 44.2 Å². The lowest BCUT2D eigenvalue weighted by molar-refractivity contribution is 0.196. The summed E-state index contributed by atoms with van der Waals surface area (Å²) >= 11 is 0. The molecular formula is C19H24NO2P. The van der Waals surface area contributed by atoms with Crippen molar-refractivity contribution in [3.8, 4) is 0 Å². The molecule has 2 N–H and O–H groups in total. The minimum atomic E-state index is -2.14. The molecule has 3 nitrogen and oxygen atoms in total. The van der Waals surface area contributed by atoms with Gasteiger partial charge in [0.25, 0.3) is 8.53 Å². The summed E-state index contributed by atoms with van der Waals surface area (Å²) < 4.78 is 1.94. The highest BCUT2D eigenvalue weighted by atomic mass is 31.2. The molecule has 1 fully saturated rings. The third-order valence-corrected chi connectivity index (χ3v) is 5.62. The highest BCUT2D eigenvalue weighted by Crippen LogP contribution is 2.47. The second-order valence-corrected chi connectivity index (χ2v) is 7.16. The van der Waals surface area contributed by atoms with Gasteiger partial charge in [0.1, 0.15) is 0 Å². The van der Waals surface area contributed by atoms with E-state index in [0.717, 1.165) is 24.0 Å². The minimum absolute atomic E-state index is 0.110. The molecule has 0 atom stereocenters. The zero-order valence-corrected chi connectivity index (χ0v) is 14.1. The molecule has 0 saturated heterocycles.